The van der Waals surface area contributed by atoms with E-state index in [2.05, 4.69) is 14.7 Å². The molecule has 1 amide bonds. The van der Waals surface area contributed by atoms with Crippen molar-refractivity contribution in [3.63, 3.8) is 0 Å². The number of alkyl halides is 3. The fraction of sp³-hybridized carbons (Fsp3) is 0.435. The number of aromatic amines is 1. The minimum Gasteiger partial charge on any atom is -0.406 e. The van der Waals surface area contributed by atoms with Crippen LogP contribution in [-0.4, -0.2) is 58.0 Å². The standard InChI is InChI=1S/C23H24F3N5O4/c24-23(25,26)35-16-1-2-17(18(27)10-16)21(32)30-6-3-15(4-7-30)31-19-9-14(13-5-8-34-12-13)11-28-20(19)29-22(31)33/h1-2,9-11,13,15H,3-8,12,27H2,(H,28,29,33)/t13-/m0/s1. The van der Waals surface area contributed by atoms with Crippen molar-refractivity contribution < 1.29 is 27.4 Å². The van der Waals surface area contributed by atoms with Gasteiger partial charge in [0.2, 0.25) is 0 Å². The predicted octanol–water partition coefficient (Wildman–Crippen LogP) is 3.19. The number of fused-ring (bicyclic) bond motifs is 1. The van der Waals surface area contributed by atoms with Crippen molar-refractivity contribution in [2.45, 2.75) is 37.6 Å². The second-order valence-electron chi connectivity index (χ2n) is 8.82. The Morgan fingerprint density at radius 1 is 1.20 bits per heavy atom. The molecule has 2 aromatic heterocycles. The molecule has 9 nitrogen and oxygen atoms in total. The van der Waals surface area contributed by atoms with Gasteiger partial charge in [-0.05, 0) is 43.0 Å². The van der Waals surface area contributed by atoms with Gasteiger partial charge in [-0.2, -0.15) is 0 Å². The summed E-state index contributed by atoms with van der Waals surface area (Å²) in [7, 11) is 0. The molecule has 0 bridgehead atoms. The number of pyridine rings is 1. The molecule has 35 heavy (non-hydrogen) atoms. The minimum atomic E-state index is -4.85. The number of nitrogens with one attached hydrogen (secondary N) is 1. The Kier molecular flexibility index (Phi) is 5.91. The van der Waals surface area contributed by atoms with Crippen LogP contribution in [0.5, 0.6) is 5.75 Å². The van der Waals surface area contributed by atoms with Gasteiger partial charge in [-0.3, -0.25) is 14.3 Å². The van der Waals surface area contributed by atoms with Crippen LogP contribution in [0.1, 0.15) is 47.1 Å². The summed E-state index contributed by atoms with van der Waals surface area (Å²) in [5.41, 5.74) is 7.88. The number of hydrogen-bond acceptors (Lipinski definition) is 6. The third kappa shape index (κ3) is 4.70. The average Bonchev–Trinajstić information content (AvgIpc) is 3.45. The number of aromatic nitrogens is 3. The molecule has 2 aliphatic heterocycles. The number of amides is 1. The smallest absolute Gasteiger partial charge is 0.406 e. The summed E-state index contributed by atoms with van der Waals surface area (Å²) in [6, 6.07) is 5.14. The Morgan fingerprint density at radius 2 is 1.97 bits per heavy atom. The maximum atomic E-state index is 13.0. The molecule has 0 unspecified atom stereocenters. The molecule has 1 aromatic carbocycles. The number of anilines is 1. The Hall–Kier alpha value is -3.54. The van der Waals surface area contributed by atoms with Gasteiger partial charge in [0.1, 0.15) is 5.75 Å². The van der Waals surface area contributed by atoms with E-state index in [1.807, 2.05) is 6.07 Å². The number of imidazole rings is 1. The fourth-order valence-electron chi connectivity index (χ4n) is 4.83. The first-order chi connectivity index (χ1) is 16.7. The molecule has 2 aliphatic rings. The molecule has 4 heterocycles. The number of carbonyl (C=O) groups is 1. The normalized spacial score (nSPS) is 19.4. The number of piperidine rings is 1. The average molecular weight is 491 g/mol. The molecule has 2 fully saturated rings. The summed E-state index contributed by atoms with van der Waals surface area (Å²) < 4.78 is 48.3. The molecule has 5 rings (SSSR count). The quantitative estimate of drug-likeness (QED) is 0.542. The summed E-state index contributed by atoms with van der Waals surface area (Å²) in [6.07, 6.45) is -1.09. The van der Waals surface area contributed by atoms with Gasteiger partial charge in [0.05, 0.1) is 17.7 Å². The van der Waals surface area contributed by atoms with E-state index in [1.165, 1.54) is 6.07 Å². The highest BCUT2D eigenvalue weighted by molar-refractivity contribution is 5.99. The molecule has 0 saturated carbocycles. The molecule has 2 saturated heterocycles. The van der Waals surface area contributed by atoms with Crippen molar-refractivity contribution in [3.05, 3.63) is 52.1 Å². The highest BCUT2D eigenvalue weighted by atomic mass is 19.4. The number of benzene rings is 1. The molecular weight excluding hydrogens is 467 g/mol. The van der Waals surface area contributed by atoms with Crippen LogP contribution >= 0.6 is 0 Å². The lowest BCUT2D eigenvalue weighted by atomic mass is 10.00. The molecule has 3 aromatic rings. The van der Waals surface area contributed by atoms with Gasteiger partial charge in [-0.1, -0.05) is 0 Å². The lowest BCUT2D eigenvalue weighted by Crippen LogP contribution is -2.40. The van der Waals surface area contributed by atoms with E-state index in [-0.39, 0.29) is 34.8 Å². The molecule has 0 spiro atoms. The van der Waals surface area contributed by atoms with Gasteiger partial charge in [0.25, 0.3) is 5.91 Å². The first kappa shape index (κ1) is 23.2. The number of likely N-dealkylation sites (tertiary alicyclic amines) is 1. The van der Waals surface area contributed by atoms with Crippen molar-refractivity contribution in [3.8, 4) is 5.75 Å². The molecule has 186 valence electrons. The van der Waals surface area contributed by atoms with Crippen molar-refractivity contribution >= 4 is 22.8 Å². The lowest BCUT2D eigenvalue weighted by Gasteiger charge is -2.33. The van der Waals surface area contributed by atoms with E-state index in [0.29, 0.717) is 44.8 Å². The largest absolute Gasteiger partial charge is 0.573 e. The second-order valence-corrected chi connectivity index (χ2v) is 8.82. The number of halogens is 3. The van der Waals surface area contributed by atoms with Crippen LogP contribution in [0.2, 0.25) is 0 Å². The topological polar surface area (TPSA) is 115 Å². The highest BCUT2D eigenvalue weighted by Gasteiger charge is 2.32. The van der Waals surface area contributed by atoms with Crippen molar-refractivity contribution in [1.29, 1.82) is 0 Å². The monoisotopic (exact) mass is 491 g/mol. The van der Waals surface area contributed by atoms with Crippen LogP contribution in [0.3, 0.4) is 0 Å². The van der Waals surface area contributed by atoms with Gasteiger partial charge in [-0.15, -0.1) is 13.2 Å². The maximum absolute atomic E-state index is 13.0. The highest BCUT2D eigenvalue weighted by Crippen LogP contribution is 2.31. The van der Waals surface area contributed by atoms with Gasteiger partial charge in [-0.25, -0.2) is 9.78 Å². The predicted molar refractivity (Wildman–Crippen MR) is 120 cm³/mol. The molecule has 1 atom stereocenters. The number of hydrogen-bond donors (Lipinski definition) is 2. The van der Waals surface area contributed by atoms with Crippen LogP contribution in [0.4, 0.5) is 18.9 Å². The second kappa shape index (κ2) is 8.91. The van der Waals surface area contributed by atoms with Crippen molar-refractivity contribution in [2.24, 2.45) is 0 Å². The minimum absolute atomic E-state index is 0.0961. The molecule has 0 aliphatic carbocycles. The molecule has 12 heteroatoms. The summed E-state index contributed by atoms with van der Waals surface area (Å²) in [4.78, 5) is 34.5. The zero-order chi connectivity index (χ0) is 24.7. The molecule has 0 radical (unpaired) electrons. The SMILES string of the molecule is Nc1cc(OC(F)(F)F)ccc1C(=O)N1CCC(n2c(=O)[nH]c3ncc([C@H]4CCOC4)cc32)CC1. The molecular formula is C23H24F3N5O4. The third-order valence-electron chi connectivity index (χ3n) is 6.60. The van der Waals surface area contributed by atoms with Crippen LogP contribution in [0.15, 0.2) is 35.3 Å². The van der Waals surface area contributed by atoms with E-state index in [4.69, 9.17) is 10.5 Å². The maximum Gasteiger partial charge on any atom is 0.573 e. The Balaban J connectivity index is 1.31. The first-order valence-corrected chi connectivity index (χ1v) is 11.3. The van der Waals surface area contributed by atoms with Crippen LogP contribution in [0, 0.1) is 0 Å². The number of ether oxygens (including phenoxy) is 2. The zero-order valence-corrected chi connectivity index (χ0v) is 18.7. The van der Waals surface area contributed by atoms with Gasteiger partial charge in [0, 0.05) is 49.6 Å². The molecule has 3 N–H and O–H groups in total. The first-order valence-electron chi connectivity index (χ1n) is 11.3. The zero-order valence-electron chi connectivity index (χ0n) is 18.7. The van der Waals surface area contributed by atoms with E-state index in [1.54, 1.807) is 15.7 Å². The van der Waals surface area contributed by atoms with E-state index in [9.17, 15) is 22.8 Å². The van der Waals surface area contributed by atoms with Crippen LogP contribution < -0.4 is 16.2 Å². The fourth-order valence-corrected chi connectivity index (χ4v) is 4.83. The Labute approximate surface area is 197 Å². The van der Waals surface area contributed by atoms with Crippen LogP contribution in [-0.2, 0) is 4.74 Å². The number of nitrogen functional groups attached to an aromatic ring is 1. The van der Waals surface area contributed by atoms with Crippen molar-refractivity contribution in [2.75, 3.05) is 32.0 Å². The van der Waals surface area contributed by atoms with Gasteiger partial charge < -0.3 is 20.1 Å². The van der Waals surface area contributed by atoms with Crippen molar-refractivity contribution in [1.82, 2.24) is 19.4 Å². The van der Waals surface area contributed by atoms with Gasteiger partial charge in [0.15, 0.2) is 5.65 Å². The Morgan fingerprint density at radius 3 is 2.63 bits per heavy atom. The number of carbonyl (C=O) groups excluding carboxylic acids is 1. The number of nitrogens with zero attached hydrogens (tertiary/aromatic N) is 3. The number of rotatable bonds is 4. The number of H-pyrrole nitrogens is 1. The Bertz CT molecular complexity index is 1300. The third-order valence-corrected chi connectivity index (χ3v) is 6.60. The summed E-state index contributed by atoms with van der Waals surface area (Å²) in [6.45, 7) is 2.07. The van der Waals surface area contributed by atoms with Crippen LogP contribution in [0.25, 0.3) is 11.2 Å². The van der Waals surface area contributed by atoms with Gasteiger partial charge >= 0.3 is 12.1 Å². The van der Waals surface area contributed by atoms with E-state index in [0.717, 1.165) is 29.6 Å². The van der Waals surface area contributed by atoms with E-state index < -0.39 is 12.1 Å². The lowest BCUT2D eigenvalue weighted by molar-refractivity contribution is -0.274. The summed E-state index contributed by atoms with van der Waals surface area (Å²) in [5, 5.41) is 0. The summed E-state index contributed by atoms with van der Waals surface area (Å²) in [5.74, 6) is -0.611. The summed E-state index contributed by atoms with van der Waals surface area (Å²) >= 11 is 0. The number of nitrogens with two attached hydrogens (primary N) is 1. The van der Waals surface area contributed by atoms with E-state index >= 15 is 0 Å².